The number of amides is 2. The number of aromatic hydroxyl groups is 1. The minimum atomic E-state index is -0.857. The van der Waals surface area contributed by atoms with Crippen LogP contribution >= 0.6 is 11.3 Å². The Balaban J connectivity index is 0.623. The first kappa shape index (κ1) is 51.9. The molecule has 2 bridgehead atoms. The number of carbonyl (C=O) groups is 2. The molecule has 1 saturated carbocycles. The van der Waals surface area contributed by atoms with Gasteiger partial charge < -0.3 is 54.7 Å². The monoisotopic (exact) mass is 1070 g/mol. The number of pyridine rings is 1. The average Bonchev–Trinajstić information content (AvgIpc) is 4.28. The fourth-order valence-electron chi connectivity index (χ4n) is 11.0. The number of hydrogen-bond acceptors (Lipinski definition) is 19. The van der Waals surface area contributed by atoms with Crippen molar-refractivity contribution in [1.29, 1.82) is 0 Å². The molecule has 5 aromatic heterocycles. The molecule has 21 heteroatoms. The van der Waals surface area contributed by atoms with Crippen molar-refractivity contribution in [2.75, 3.05) is 41.8 Å². The third kappa shape index (κ3) is 11.2. The van der Waals surface area contributed by atoms with Gasteiger partial charge >= 0.3 is 0 Å². The van der Waals surface area contributed by atoms with E-state index in [1.807, 2.05) is 87.8 Å². The van der Waals surface area contributed by atoms with Gasteiger partial charge in [-0.15, -0.1) is 21.5 Å². The number of nitrogen functional groups attached to an aromatic ring is 1. The van der Waals surface area contributed by atoms with Crippen molar-refractivity contribution in [3.63, 3.8) is 0 Å². The number of aryl methyl sites for hydroxylation is 1. The maximum absolute atomic E-state index is 14.2. The molecule has 5 N–H and O–H groups in total. The number of benzene rings is 2. The van der Waals surface area contributed by atoms with Crippen molar-refractivity contribution in [1.82, 2.24) is 45.5 Å². The summed E-state index contributed by atoms with van der Waals surface area (Å²) in [6.45, 7) is 9.36. The molecule has 6 atom stereocenters. The van der Waals surface area contributed by atoms with E-state index in [0.29, 0.717) is 53.1 Å². The second-order valence-electron chi connectivity index (χ2n) is 20.8. The second kappa shape index (κ2) is 22.4. The molecule has 1 aliphatic carbocycles. The Morgan fingerprint density at radius 3 is 2.38 bits per heavy atom. The van der Waals surface area contributed by atoms with Crippen LogP contribution in [-0.4, -0.2) is 125 Å². The van der Waals surface area contributed by atoms with Crippen LogP contribution in [0.2, 0.25) is 0 Å². The van der Waals surface area contributed by atoms with Gasteiger partial charge in [0, 0.05) is 80.6 Å². The largest absolute Gasteiger partial charge is 0.507 e. The number of anilines is 3. The van der Waals surface area contributed by atoms with Gasteiger partial charge in [-0.1, -0.05) is 50.2 Å². The maximum atomic E-state index is 14.2. The normalized spacial score (nSPS) is 21.6. The van der Waals surface area contributed by atoms with Crippen LogP contribution in [0.25, 0.3) is 27.8 Å². The molecule has 2 aromatic carbocycles. The number of phenols is 1. The maximum Gasteiger partial charge on any atom is 0.254 e. The number of para-hydroxylation sites is 1. The number of aliphatic hydroxyl groups is 1. The molecule has 0 radical (unpaired) electrons. The number of fused-ring (bicyclic) bond motifs is 2. The fraction of sp³-hybridized carbons (Fsp3) is 0.386. The number of nitrogens with one attached hydrogen (secondary N) is 1. The summed E-state index contributed by atoms with van der Waals surface area (Å²) in [6.07, 6.45) is 11.2. The van der Waals surface area contributed by atoms with E-state index in [9.17, 15) is 19.8 Å². The van der Waals surface area contributed by atoms with E-state index < -0.39 is 18.1 Å². The lowest BCUT2D eigenvalue weighted by Gasteiger charge is -2.43. The van der Waals surface area contributed by atoms with Gasteiger partial charge in [0.1, 0.15) is 36.5 Å². The smallest absolute Gasteiger partial charge is 0.254 e. The molecule has 7 aromatic rings. The Morgan fingerprint density at radius 2 is 1.65 bits per heavy atom. The SMILES string of the molecule is Cc1ncsc1-c1ccc([C@H](C)NC(=O)[C@@H]2C[C@@H](O)CN2C(=O)[C@H](c2cc(OC/C=C/c3ncc(OC4CC(Oc5cc(N6C7CC[C@@H]6CN(c6cc(-c8ccccc8O)nnc6N)C7)ccn5)C4)cn3)no2)C(C)C)cc1. The highest BCUT2D eigenvalue weighted by atomic mass is 32.1. The van der Waals surface area contributed by atoms with E-state index >= 15 is 0 Å². The van der Waals surface area contributed by atoms with Gasteiger partial charge in [-0.05, 0) is 85.3 Å². The van der Waals surface area contributed by atoms with Crippen LogP contribution in [0.5, 0.6) is 23.3 Å². The summed E-state index contributed by atoms with van der Waals surface area (Å²) >= 11 is 1.58. The Bertz CT molecular complexity index is 3260. The molecule has 2 amide bonds. The quantitative estimate of drug-likeness (QED) is 0.0647. The summed E-state index contributed by atoms with van der Waals surface area (Å²) in [4.78, 5) is 53.0. The highest BCUT2D eigenvalue weighted by molar-refractivity contribution is 7.13. The van der Waals surface area contributed by atoms with Crippen LogP contribution in [-0.2, 0) is 9.59 Å². The van der Waals surface area contributed by atoms with Crippen LogP contribution in [0.1, 0.15) is 87.7 Å². The van der Waals surface area contributed by atoms with Crippen LogP contribution in [0.3, 0.4) is 0 Å². The lowest BCUT2D eigenvalue weighted by atomic mass is 9.91. The predicted molar refractivity (Wildman–Crippen MR) is 293 cm³/mol. The third-order valence-electron chi connectivity index (χ3n) is 15.1. The number of aromatic nitrogens is 7. The fourth-order valence-corrected chi connectivity index (χ4v) is 11.9. The number of rotatable bonds is 18. The van der Waals surface area contributed by atoms with Crippen molar-refractivity contribution < 1.29 is 38.5 Å². The second-order valence-corrected chi connectivity index (χ2v) is 21.7. The third-order valence-corrected chi connectivity index (χ3v) is 16.1. The van der Waals surface area contributed by atoms with Crippen molar-refractivity contribution in [3.05, 3.63) is 126 Å². The van der Waals surface area contributed by atoms with E-state index in [2.05, 4.69) is 50.4 Å². The minimum Gasteiger partial charge on any atom is -0.507 e. The summed E-state index contributed by atoms with van der Waals surface area (Å²) in [7, 11) is 0. The van der Waals surface area contributed by atoms with Crippen LogP contribution in [0.4, 0.5) is 17.2 Å². The molecule has 3 saturated heterocycles. The standard InChI is InChI=1S/C57H62N12O8S/c1-32(2)53(57(73)68-30-40(70)21-47(68)56(72)63-33(3)35-11-13-36(14-12-35)54-34(4)62-31-78-54)49-25-52(66-77-49)74-19-7-10-50-60-26-43(27-61-50)75-41-22-42(23-41)76-51-20-37(17-18-59-51)69-38-15-16-39(69)29-67(28-38)46-24-45(64-65-55(46)58)44-8-5-6-9-48(44)71/h5-14,17-18,20,24-27,31-33,38-42,47,53,70-71H,15-16,19,21-23,28-30H2,1-4H3,(H2,58,65)(H,63,72)/b10-7+/t33-,38+,39?,40+,41?,42?,47-,53-/m0/s1. The van der Waals surface area contributed by atoms with Crippen LogP contribution < -0.4 is 35.1 Å². The van der Waals surface area contributed by atoms with Crippen molar-refractivity contribution in [2.45, 2.75) is 108 Å². The van der Waals surface area contributed by atoms with E-state index in [1.165, 1.54) is 4.90 Å². The van der Waals surface area contributed by atoms with Gasteiger partial charge in [-0.2, -0.15) is 0 Å². The summed E-state index contributed by atoms with van der Waals surface area (Å²) in [5.41, 5.74) is 14.2. The Hall–Kier alpha value is -8.17. The Kier molecular flexibility index (Phi) is 14.9. The number of likely N-dealkylation sites (tertiary alicyclic amines) is 1. The summed E-state index contributed by atoms with van der Waals surface area (Å²) in [5.74, 6) is 0.953. The lowest BCUT2D eigenvalue weighted by Crippen LogP contribution is -2.54. The molecule has 404 valence electrons. The molecular weight excluding hydrogens is 1010 g/mol. The molecule has 11 rings (SSSR count). The number of ether oxygens (including phenoxy) is 3. The number of thiazole rings is 1. The Labute approximate surface area is 455 Å². The summed E-state index contributed by atoms with van der Waals surface area (Å²) in [5, 5.41) is 36.8. The van der Waals surface area contributed by atoms with Crippen LogP contribution in [0, 0.1) is 12.8 Å². The number of hydrogen-bond donors (Lipinski definition) is 4. The number of piperazine rings is 1. The van der Waals surface area contributed by atoms with E-state index in [1.54, 1.807) is 60.3 Å². The first-order valence-corrected chi connectivity index (χ1v) is 27.3. The molecule has 1 unspecified atom stereocenters. The van der Waals surface area contributed by atoms with Gasteiger partial charge in [0.05, 0.1) is 52.0 Å². The zero-order valence-electron chi connectivity index (χ0n) is 43.8. The van der Waals surface area contributed by atoms with Gasteiger partial charge in [0.2, 0.25) is 17.7 Å². The van der Waals surface area contributed by atoms with E-state index in [4.69, 9.17) is 24.5 Å². The zero-order chi connectivity index (χ0) is 54.0. The summed E-state index contributed by atoms with van der Waals surface area (Å²) < 4.78 is 24.0. The lowest BCUT2D eigenvalue weighted by molar-refractivity contribution is -0.141. The summed E-state index contributed by atoms with van der Waals surface area (Å²) in [6, 6.07) is 22.0. The van der Waals surface area contributed by atoms with E-state index in [0.717, 1.165) is 59.0 Å². The Morgan fingerprint density at radius 1 is 0.897 bits per heavy atom. The number of β-amino-alcohol motifs (C(OH)–C–C–N with tert-alkyl or cyclic N) is 1. The molecular formula is C57H62N12O8S. The number of carbonyl (C=O) groups excluding carboxylic acids is 2. The molecule has 4 fully saturated rings. The van der Waals surface area contributed by atoms with Gasteiger partial charge in [0.25, 0.3) is 5.88 Å². The first-order valence-electron chi connectivity index (χ1n) is 26.4. The predicted octanol–water partition coefficient (Wildman–Crippen LogP) is 7.55. The van der Waals surface area contributed by atoms with Crippen LogP contribution in [0.15, 0.2) is 107 Å². The van der Waals surface area contributed by atoms with Crippen molar-refractivity contribution in [2.24, 2.45) is 5.92 Å². The highest BCUT2D eigenvalue weighted by Crippen LogP contribution is 2.41. The molecule has 0 spiro atoms. The highest BCUT2D eigenvalue weighted by Gasteiger charge is 2.44. The minimum absolute atomic E-state index is 0.0254. The molecule has 20 nitrogen and oxygen atoms in total. The van der Waals surface area contributed by atoms with Gasteiger partial charge in [0.15, 0.2) is 23.2 Å². The first-order chi connectivity index (χ1) is 37.8. The molecule has 3 aliphatic heterocycles. The van der Waals surface area contributed by atoms with Crippen molar-refractivity contribution >= 4 is 46.4 Å². The average molecular weight is 1080 g/mol. The van der Waals surface area contributed by atoms with E-state index in [-0.39, 0.29) is 79.3 Å². The number of aliphatic hydroxyl groups excluding tert-OH is 1. The number of nitrogens with zero attached hydrogens (tertiary/aromatic N) is 10. The zero-order valence-corrected chi connectivity index (χ0v) is 44.6. The number of phenolic OH excluding ortho intramolecular Hbond substituents is 1. The molecule has 8 heterocycles. The topological polar surface area (TPSA) is 253 Å². The number of nitrogens with two attached hydrogens (primary N) is 1. The van der Waals surface area contributed by atoms with Crippen molar-refractivity contribution in [3.8, 4) is 45.0 Å². The van der Waals surface area contributed by atoms with Gasteiger partial charge in [-0.3, -0.25) is 9.59 Å². The molecule has 4 aliphatic rings. The molecule has 78 heavy (non-hydrogen) atoms. The van der Waals surface area contributed by atoms with Gasteiger partial charge in [-0.25, -0.2) is 19.9 Å².